The van der Waals surface area contributed by atoms with Crippen molar-refractivity contribution in [3.8, 4) is 0 Å². The van der Waals surface area contributed by atoms with Crippen LogP contribution in [0.15, 0.2) is 35.6 Å². The third-order valence-electron chi connectivity index (χ3n) is 6.38. The number of benzene rings is 1. The van der Waals surface area contributed by atoms with E-state index in [-0.39, 0.29) is 29.3 Å². The Labute approximate surface area is 182 Å². The molecule has 8 nitrogen and oxygen atoms in total. The normalized spacial score (nSPS) is 25.4. The van der Waals surface area contributed by atoms with Gasteiger partial charge in [-0.3, -0.25) is 24.6 Å². The minimum Gasteiger partial charge on any atom is -0.483 e. The van der Waals surface area contributed by atoms with Gasteiger partial charge in [0, 0.05) is 17.0 Å². The van der Waals surface area contributed by atoms with E-state index in [0.29, 0.717) is 16.3 Å². The molecule has 1 saturated carbocycles. The molecule has 2 aromatic rings. The fourth-order valence-electron chi connectivity index (χ4n) is 4.72. The average Bonchev–Trinajstić information content (AvgIpc) is 3.24. The molecule has 2 aliphatic heterocycles. The van der Waals surface area contributed by atoms with E-state index in [4.69, 9.17) is 4.74 Å². The summed E-state index contributed by atoms with van der Waals surface area (Å²) in [6.07, 6.45) is 3.11. The molecule has 0 bridgehead atoms. The molecular formula is C22H21N3O5S. The van der Waals surface area contributed by atoms with Gasteiger partial charge >= 0.3 is 0 Å². The van der Waals surface area contributed by atoms with E-state index in [0.717, 1.165) is 36.3 Å². The molecule has 160 valence electrons. The predicted octanol–water partition coefficient (Wildman–Crippen LogP) is 4.17. The van der Waals surface area contributed by atoms with E-state index < -0.39 is 16.9 Å². The van der Waals surface area contributed by atoms with Crippen molar-refractivity contribution >= 4 is 33.8 Å². The first-order chi connectivity index (χ1) is 14.9. The Morgan fingerprint density at radius 1 is 1.23 bits per heavy atom. The number of carbonyl (C=O) groups is 2. The van der Waals surface area contributed by atoms with Crippen molar-refractivity contribution in [2.45, 2.75) is 51.7 Å². The zero-order valence-electron chi connectivity index (χ0n) is 17.2. The van der Waals surface area contributed by atoms with Crippen molar-refractivity contribution in [1.82, 2.24) is 4.98 Å². The smallest absolute Gasteiger partial charge is 0.296 e. The number of nitro benzene ring substituents is 1. The average molecular weight is 439 g/mol. The lowest BCUT2D eigenvalue weighted by Gasteiger charge is -2.35. The third kappa shape index (κ3) is 3.06. The van der Waals surface area contributed by atoms with Crippen LogP contribution in [-0.4, -0.2) is 27.7 Å². The van der Waals surface area contributed by atoms with Crippen LogP contribution in [0.5, 0.6) is 0 Å². The zero-order chi connectivity index (χ0) is 21.9. The molecular weight excluding hydrogens is 418 g/mol. The quantitative estimate of drug-likeness (QED) is 0.525. The van der Waals surface area contributed by atoms with Crippen LogP contribution in [0.25, 0.3) is 0 Å². The molecule has 0 saturated heterocycles. The number of carbonyl (C=O) groups excluding carboxylic acids is 2. The molecule has 1 amide bonds. The van der Waals surface area contributed by atoms with Crippen LogP contribution < -0.4 is 4.90 Å². The minimum atomic E-state index is -0.789. The van der Waals surface area contributed by atoms with Gasteiger partial charge in [0.15, 0.2) is 16.7 Å². The Morgan fingerprint density at radius 3 is 2.71 bits per heavy atom. The summed E-state index contributed by atoms with van der Waals surface area (Å²) in [7, 11) is 0. The van der Waals surface area contributed by atoms with E-state index in [1.54, 1.807) is 12.1 Å². The Kier molecular flexibility index (Phi) is 4.65. The number of aryl methyl sites for hydroxylation is 2. The molecule has 0 radical (unpaired) electrons. The number of non-ortho nitro benzene ring substituents is 1. The van der Waals surface area contributed by atoms with Gasteiger partial charge in [0.1, 0.15) is 6.10 Å². The van der Waals surface area contributed by atoms with Gasteiger partial charge in [0.05, 0.1) is 28.2 Å². The van der Waals surface area contributed by atoms with Crippen LogP contribution in [0.2, 0.25) is 0 Å². The highest BCUT2D eigenvalue weighted by atomic mass is 32.1. The van der Waals surface area contributed by atoms with Crippen molar-refractivity contribution in [2.75, 3.05) is 4.90 Å². The van der Waals surface area contributed by atoms with Gasteiger partial charge < -0.3 is 4.74 Å². The van der Waals surface area contributed by atoms with Gasteiger partial charge in [-0.15, -0.1) is 11.3 Å². The van der Waals surface area contributed by atoms with Crippen LogP contribution >= 0.6 is 11.3 Å². The number of nitrogens with zero attached hydrogens (tertiary/aromatic N) is 3. The number of fused-ring (bicyclic) bond motifs is 1. The second-order valence-corrected chi connectivity index (χ2v) is 9.40. The maximum Gasteiger partial charge on any atom is 0.296 e. The van der Waals surface area contributed by atoms with Gasteiger partial charge in [-0.1, -0.05) is 18.6 Å². The lowest BCUT2D eigenvalue weighted by molar-refractivity contribution is -0.384. The highest BCUT2D eigenvalue weighted by Crippen LogP contribution is 2.49. The number of ketones is 1. The van der Waals surface area contributed by atoms with Crippen molar-refractivity contribution in [3.05, 3.63) is 61.8 Å². The molecule has 3 heterocycles. The van der Waals surface area contributed by atoms with Crippen molar-refractivity contribution < 1.29 is 19.2 Å². The molecule has 3 aliphatic rings. The summed E-state index contributed by atoms with van der Waals surface area (Å²) < 4.78 is 6.13. The number of ether oxygens (including phenoxy) is 1. The summed E-state index contributed by atoms with van der Waals surface area (Å²) in [5.74, 6) is -0.683. The van der Waals surface area contributed by atoms with E-state index in [1.165, 1.54) is 28.4 Å². The summed E-state index contributed by atoms with van der Waals surface area (Å²) >= 11 is 1.36. The monoisotopic (exact) mass is 439 g/mol. The van der Waals surface area contributed by atoms with Crippen LogP contribution in [0.3, 0.4) is 0 Å². The number of nitro groups is 1. The first-order valence-corrected chi connectivity index (χ1v) is 11.2. The van der Waals surface area contributed by atoms with E-state index in [1.807, 2.05) is 13.8 Å². The second kappa shape index (κ2) is 7.26. The Bertz CT molecular complexity index is 1130. The minimum absolute atomic E-state index is 0.0789. The van der Waals surface area contributed by atoms with Gasteiger partial charge in [-0.2, -0.15) is 0 Å². The molecule has 0 spiro atoms. The standard InChI is InChI=1S/C22H21N3O5S/c1-11-12(2)31-22(23-11)24-18(13-6-5-7-14(10-13)25(28)29)17-19(26)15-8-3-4-9-16(15)30-20(17)21(24)27/h5-7,10,15-16,18H,3-4,8-9H2,1-2H3. The van der Waals surface area contributed by atoms with Crippen molar-refractivity contribution in [3.63, 3.8) is 0 Å². The summed E-state index contributed by atoms with van der Waals surface area (Å²) in [5, 5.41) is 11.8. The molecule has 3 unspecified atom stereocenters. The van der Waals surface area contributed by atoms with Crippen LogP contribution in [0.1, 0.15) is 47.9 Å². The number of amides is 1. The molecule has 1 aromatic carbocycles. The lowest BCUT2D eigenvalue weighted by Crippen LogP contribution is -2.39. The Hall–Kier alpha value is -3.07. The maximum absolute atomic E-state index is 13.6. The number of Topliss-reactive ketones (excluding diaryl/α,β-unsaturated/α-hetero) is 1. The molecule has 5 rings (SSSR count). The first kappa shape index (κ1) is 19.9. The molecule has 1 aromatic heterocycles. The van der Waals surface area contributed by atoms with Crippen LogP contribution in [0.4, 0.5) is 10.8 Å². The van der Waals surface area contributed by atoms with E-state index >= 15 is 0 Å². The number of rotatable bonds is 3. The van der Waals surface area contributed by atoms with E-state index in [2.05, 4.69) is 4.98 Å². The van der Waals surface area contributed by atoms with Crippen LogP contribution in [-0.2, 0) is 14.3 Å². The molecule has 9 heteroatoms. The number of hydrogen-bond acceptors (Lipinski definition) is 7. The number of aromatic nitrogens is 1. The zero-order valence-corrected chi connectivity index (χ0v) is 18.0. The molecule has 31 heavy (non-hydrogen) atoms. The Balaban J connectivity index is 1.68. The predicted molar refractivity (Wildman–Crippen MR) is 114 cm³/mol. The molecule has 1 fully saturated rings. The third-order valence-corrected chi connectivity index (χ3v) is 7.46. The van der Waals surface area contributed by atoms with E-state index in [9.17, 15) is 19.7 Å². The molecule has 0 N–H and O–H groups in total. The fraction of sp³-hybridized carbons (Fsp3) is 0.409. The van der Waals surface area contributed by atoms with Crippen molar-refractivity contribution in [2.24, 2.45) is 5.92 Å². The maximum atomic E-state index is 13.6. The van der Waals surface area contributed by atoms with Crippen LogP contribution in [0, 0.1) is 29.9 Å². The summed E-state index contributed by atoms with van der Waals surface area (Å²) in [6.45, 7) is 3.78. The number of thiazole rings is 1. The fourth-order valence-corrected chi connectivity index (χ4v) is 5.66. The van der Waals surface area contributed by atoms with Crippen molar-refractivity contribution in [1.29, 1.82) is 0 Å². The number of hydrogen-bond donors (Lipinski definition) is 0. The Morgan fingerprint density at radius 2 is 2.00 bits per heavy atom. The molecule has 3 atom stereocenters. The SMILES string of the molecule is Cc1nc(N2C(=O)C3=C(C(=O)C4CCCCC4O3)C2c2cccc([N+](=O)[O-])c2)sc1C. The molecule has 1 aliphatic carbocycles. The summed E-state index contributed by atoms with van der Waals surface area (Å²) in [4.78, 5) is 45.0. The van der Waals surface area contributed by atoms with Gasteiger partial charge in [0.2, 0.25) is 0 Å². The largest absolute Gasteiger partial charge is 0.483 e. The summed E-state index contributed by atoms with van der Waals surface area (Å²) in [5.41, 5.74) is 1.52. The summed E-state index contributed by atoms with van der Waals surface area (Å²) in [6, 6.07) is 5.32. The van der Waals surface area contributed by atoms with Gasteiger partial charge in [0.25, 0.3) is 11.6 Å². The highest BCUT2D eigenvalue weighted by Gasteiger charge is 2.53. The first-order valence-electron chi connectivity index (χ1n) is 10.3. The van der Waals surface area contributed by atoms with Gasteiger partial charge in [-0.05, 0) is 38.7 Å². The number of anilines is 1. The lowest BCUT2D eigenvalue weighted by atomic mass is 9.77. The van der Waals surface area contributed by atoms with Gasteiger partial charge in [-0.25, -0.2) is 4.98 Å². The highest BCUT2D eigenvalue weighted by molar-refractivity contribution is 7.15. The topological polar surface area (TPSA) is 103 Å². The second-order valence-electron chi connectivity index (χ2n) is 8.22.